The van der Waals surface area contributed by atoms with E-state index in [0.29, 0.717) is 0 Å². The molecule has 0 aromatic heterocycles. The van der Waals surface area contributed by atoms with Gasteiger partial charge in [-0.15, -0.1) is 0 Å². The van der Waals surface area contributed by atoms with Crippen LogP contribution in [0.1, 0.15) is 17.2 Å². The van der Waals surface area contributed by atoms with Crippen molar-refractivity contribution in [3.05, 3.63) is 41.5 Å². The molecule has 1 N–H and O–H groups in total. The molecular formula is C9H7O. The Hall–Kier alpha value is -1.08. The van der Waals surface area contributed by atoms with E-state index >= 15 is 0 Å². The summed E-state index contributed by atoms with van der Waals surface area (Å²) in [4.78, 5) is 0. The normalized spacial score (nSPS) is 21.1. The van der Waals surface area contributed by atoms with Gasteiger partial charge in [-0.05, 0) is 23.3 Å². The molecule has 1 aliphatic rings. The first-order valence-electron chi connectivity index (χ1n) is 3.24. The Labute approximate surface area is 59.6 Å². The summed E-state index contributed by atoms with van der Waals surface area (Å²) in [7, 11) is 0. The fraction of sp³-hybridized carbons (Fsp3) is 0.111. The Bertz CT molecular complexity index is 276. The van der Waals surface area contributed by atoms with Gasteiger partial charge in [0.15, 0.2) is 0 Å². The van der Waals surface area contributed by atoms with Gasteiger partial charge in [0, 0.05) is 0 Å². The Morgan fingerprint density at radius 3 is 2.90 bits per heavy atom. The molecule has 49 valence electrons. The van der Waals surface area contributed by atoms with E-state index in [1.165, 1.54) is 0 Å². The summed E-state index contributed by atoms with van der Waals surface area (Å²) in [6.45, 7) is 0. The van der Waals surface area contributed by atoms with E-state index in [-0.39, 0.29) is 0 Å². The maximum absolute atomic E-state index is 9.24. The molecule has 1 atom stereocenters. The quantitative estimate of drug-likeness (QED) is 0.566. The molecule has 1 aromatic carbocycles. The summed E-state index contributed by atoms with van der Waals surface area (Å²) in [6.07, 6.45) is 4.13. The van der Waals surface area contributed by atoms with Gasteiger partial charge in [-0.25, -0.2) is 0 Å². The number of aliphatic hydroxyl groups excluding tert-OH is 1. The smallest absolute Gasteiger partial charge is 0.105 e. The summed E-state index contributed by atoms with van der Waals surface area (Å²) in [5, 5.41) is 9.24. The first kappa shape index (κ1) is 5.69. The van der Waals surface area contributed by atoms with Gasteiger partial charge >= 0.3 is 0 Å². The van der Waals surface area contributed by atoms with E-state index in [2.05, 4.69) is 6.08 Å². The SMILES string of the molecule is OC1[C]=Cc2ccccc21. The van der Waals surface area contributed by atoms with Crippen molar-refractivity contribution in [1.82, 2.24) is 0 Å². The Kier molecular flexibility index (Phi) is 1.11. The van der Waals surface area contributed by atoms with E-state index in [9.17, 15) is 5.11 Å². The molecule has 1 radical (unpaired) electrons. The molecule has 1 aromatic rings. The third-order valence-electron chi connectivity index (χ3n) is 1.69. The number of aliphatic hydroxyl groups is 1. The van der Waals surface area contributed by atoms with E-state index in [4.69, 9.17) is 0 Å². The zero-order chi connectivity index (χ0) is 6.97. The molecular weight excluding hydrogens is 124 g/mol. The highest BCUT2D eigenvalue weighted by Crippen LogP contribution is 2.25. The van der Waals surface area contributed by atoms with Gasteiger partial charge in [0.05, 0.1) is 0 Å². The Morgan fingerprint density at radius 2 is 2.10 bits per heavy atom. The van der Waals surface area contributed by atoms with Crippen LogP contribution in [0.5, 0.6) is 0 Å². The van der Waals surface area contributed by atoms with Crippen LogP contribution in [0.3, 0.4) is 0 Å². The second kappa shape index (κ2) is 1.96. The fourth-order valence-electron chi connectivity index (χ4n) is 1.15. The average Bonchev–Trinajstić information content (AvgIpc) is 2.34. The maximum atomic E-state index is 9.24. The van der Waals surface area contributed by atoms with Crippen LogP contribution in [-0.2, 0) is 0 Å². The summed E-state index contributed by atoms with van der Waals surface area (Å²) < 4.78 is 0. The highest BCUT2D eigenvalue weighted by atomic mass is 16.3. The van der Waals surface area contributed by atoms with Crippen LogP contribution >= 0.6 is 0 Å². The van der Waals surface area contributed by atoms with Gasteiger partial charge in [-0.1, -0.05) is 24.3 Å². The zero-order valence-electron chi connectivity index (χ0n) is 5.41. The van der Waals surface area contributed by atoms with Crippen LogP contribution in [0.25, 0.3) is 6.08 Å². The van der Waals surface area contributed by atoms with Crippen LogP contribution in [0.2, 0.25) is 0 Å². The minimum absolute atomic E-state index is 0.504. The summed E-state index contributed by atoms with van der Waals surface area (Å²) in [6, 6.07) is 7.76. The van der Waals surface area contributed by atoms with Crippen molar-refractivity contribution in [2.45, 2.75) is 6.10 Å². The summed E-state index contributed by atoms with van der Waals surface area (Å²) in [5.74, 6) is 0. The molecule has 10 heavy (non-hydrogen) atoms. The van der Waals surface area contributed by atoms with E-state index < -0.39 is 6.10 Å². The minimum Gasteiger partial charge on any atom is -0.384 e. The molecule has 0 spiro atoms. The van der Waals surface area contributed by atoms with Crippen LogP contribution < -0.4 is 0 Å². The van der Waals surface area contributed by atoms with Crippen LogP contribution in [-0.4, -0.2) is 5.11 Å². The lowest BCUT2D eigenvalue weighted by molar-refractivity contribution is 0.225. The van der Waals surface area contributed by atoms with Crippen molar-refractivity contribution < 1.29 is 5.11 Å². The van der Waals surface area contributed by atoms with Crippen molar-refractivity contribution in [1.29, 1.82) is 0 Å². The summed E-state index contributed by atoms with van der Waals surface area (Å²) >= 11 is 0. The molecule has 1 unspecified atom stereocenters. The molecule has 2 rings (SSSR count). The molecule has 0 heterocycles. The number of rotatable bonds is 0. The molecule has 0 bridgehead atoms. The van der Waals surface area contributed by atoms with Crippen LogP contribution in [0.4, 0.5) is 0 Å². The van der Waals surface area contributed by atoms with Crippen LogP contribution in [0, 0.1) is 6.08 Å². The molecule has 0 aliphatic heterocycles. The third kappa shape index (κ3) is 0.677. The predicted octanol–water partition coefficient (Wildman–Crippen LogP) is 1.55. The highest BCUT2D eigenvalue weighted by Gasteiger charge is 2.12. The summed E-state index contributed by atoms with van der Waals surface area (Å²) in [5.41, 5.74) is 2.04. The zero-order valence-corrected chi connectivity index (χ0v) is 5.41. The first-order chi connectivity index (χ1) is 4.88. The Morgan fingerprint density at radius 1 is 1.30 bits per heavy atom. The monoisotopic (exact) mass is 131 g/mol. The molecule has 1 nitrogen and oxygen atoms in total. The fourth-order valence-corrected chi connectivity index (χ4v) is 1.15. The molecule has 0 saturated heterocycles. The van der Waals surface area contributed by atoms with E-state index in [0.717, 1.165) is 11.1 Å². The Balaban J connectivity index is 2.59. The second-order valence-corrected chi connectivity index (χ2v) is 2.34. The van der Waals surface area contributed by atoms with Gasteiger partial charge < -0.3 is 5.11 Å². The maximum Gasteiger partial charge on any atom is 0.105 e. The van der Waals surface area contributed by atoms with Crippen molar-refractivity contribution in [2.24, 2.45) is 0 Å². The van der Waals surface area contributed by atoms with Crippen molar-refractivity contribution in [3.8, 4) is 0 Å². The minimum atomic E-state index is -0.504. The van der Waals surface area contributed by atoms with Crippen molar-refractivity contribution in [2.75, 3.05) is 0 Å². The van der Waals surface area contributed by atoms with Gasteiger partial charge in [0.1, 0.15) is 6.10 Å². The highest BCUT2D eigenvalue weighted by molar-refractivity contribution is 5.58. The third-order valence-corrected chi connectivity index (χ3v) is 1.69. The van der Waals surface area contributed by atoms with Crippen molar-refractivity contribution in [3.63, 3.8) is 0 Å². The number of fused-ring (bicyclic) bond motifs is 1. The van der Waals surface area contributed by atoms with Gasteiger partial charge in [-0.3, -0.25) is 0 Å². The molecule has 0 fully saturated rings. The van der Waals surface area contributed by atoms with E-state index in [1.54, 1.807) is 0 Å². The first-order valence-corrected chi connectivity index (χ1v) is 3.24. The van der Waals surface area contributed by atoms with Crippen LogP contribution in [0.15, 0.2) is 24.3 Å². The molecule has 1 aliphatic carbocycles. The standard InChI is InChI=1S/C9H7O/c10-9-6-5-7-3-1-2-4-8(7)9/h1-5,9-10H. The lowest BCUT2D eigenvalue weighted by Gasteiger charge is -2.00. The van der Waals surface area contributed by atoms with E-state index in [1.807, 2.05) is 30.3 Å². The topological polar surface area (TPSA) is 20.2 Å². The van der Waals surface area contributed by atoms with Gasteiger partial charge in [0.2, 0.25) is 0 Å². The number of benzene rings is 1. The lowest BCUT2D eigenvalue weighted by atomic mass is 10.1. The van der Waals surface area contributed by atoms with Gasteiger partial charge in [0.25, 0.3) is 0 Å². The number of hydrogen-bond acceptors (Lipinski definition) is 1. The molecule has 0 saturated carbocycles. The molecule has 0 amide bonds. The lowest BCUT2D eigenvalue weighted by Crippen LogP contribution is -1.88. The second-order valence-electron chi connectivity index (χ2n) is 2.34. The molecule has 1 heteroatoms. The predicted molar refractivity (Wildman–Crippen MR) is 39.1 cm³/mol. The largest absolute Gasteiger partial charge is 0.384 e. The van der Waals surface area contributed by atoms with Gasteiger partial charge in [-0.2, -0.15) is 0 Å². The number of hydrogen-bond donors (Lipinski definition) is 1. The van der Waals surface area contributed by atoms with Crippen molar-refractivity contribution >= 4 is 6.08 Å². The average molecular weight is 131 g/mol.